The third kappa shape index (κ3) is 11.1. The van der Waals surface area contributed by atoms with Crippen LogP contribution in [0.25, 0.3) is 6.08 Å². The zero-order valence-corrected chi connectivity index (χ0v) is 33.9. The van der Waals surface area contributed by atoms with Gasteiger partial charge in [-0.25, -0.2) is 4.79 Å². The van der Waals surface area contributed by atoms with Crippen LogP contribution in [0.15, 0.2) is 48.1 Å². The summed E-state index contributed by atoms with van der Waals surface area (Å²) in [5, 5.41) is 15.4. The van der Waals surface area contributed by atoms with Gasteiger partial charge >= 0.3 is 238 Å². The summed E-state index contributed by atoms with van der Waals surface area (Å²) >= 11 is 0.0557. The molecule has 8 nitrogen and oxygen atoms in total. The number of nitrogens with zero attached hydrogens (tertiary/aromatic N) is 1. The summed E-state index contributed by atoms with van der Waals surface area (Å²) in [6, 6.07) is 9.37. The minimum absolute atomic E-state index is 0.00268. The van der Waals surface area contributed by atoms with Gasteiger partial charge < -0.3 is 0 Å². The summed E-state index contributed by atoms with van der Waals surface area (Å²) in [5.41, 5.74) is 4.09. The van der Waals surface area contributed by atoms with Gasteiger partial charge in [0.2, 0.25) is 0 Å². The number of fused-ring (bicyclic) bond motifs is 2. The molecule has 2 aliphatic rings. The first-order chi connectivity index (χ1) is 24.2. The molecule has 10 heteroatoms. The predicted octanol–water partition coefficient (Wildman–Crippen LogP) is 8.44. The number of methoxy groups -OCH3 is 2. The number of non-ortho nitro benzene ring substituents is 1. The Hall–Kier alpha value is -2.77. The Kier molecular flexibility index (Phi) is 16.3. The zero-order valence-electron chi connectivity index (χ0n) is 30.5. The first kappa shape index (κ1) is 40.0. The number of hydrogen-bond acceptors (Lipinski definition) is 7. The van der Waals surface area contributed by atoms with Crippen LogP contribution in [0.4, 0.5) is 11.4 Å². The van der Waals surface area contributed by atoms with E-state index in [4.69, 9.17) is 14.2 Å². The minimum atomic E-state index is -0.302. The van der Waals surface area contributed by atoms with E-state index in [1.165, 1.54) is 74.2 Å². The van der Waals surface area contributed by atoms with E-state index < -0.39 is 0 Å². The molecule has 4 rings (SSSR count). The molecule has 0 aromatic heterocycles. The topological polar surface area (TPSA) is 99.9 Å². The number of nitrogens with one attached hydrogen (secondary N) is 1. The fourth-order valence-electron chi connectivity index (χ4n) is 6.72. The number of nitro groups is 1. The number of rotatable bonds is 23. The van der Waals surface area contributed by atoms with Crippen LogP contribution in [0.3, 0.4) is 0 Å². The third-order valence-corrected chi connectivity index (χ3v) is 16.5. The summed E-state index contributed by atoms with van der Waals surface area (Å²) < 4.78 is 19.2. The first-order valence-electron chi connectivity index (χ1n) is 18.4. The van der Waals surface area contributed by atoms with E-state index in [1.54, 1.807) is 33.3 Å². The van der Waals surface area contributed by atoms with Gasteiger partial charge in [0.15, 0.2) is 0 Å². The molecule has 2 aliphatic heterocycles. The third-order valence-electron chi connectivity index (χ3n) is 9.59. The van der Waals surface area contributed by atoms with Crippen LogP contribution in [0, 0.1) is 16.0 Å². The fraction of sp³-hybridized carbons (Fsp3) is 0.575. The number of unbranched alkanes of at least 4 members (excludes halogenated alkanes) is 11. The molecule has 50 heavy (non-hydrogen) atoms. The number of esters is 1. The van der Waals surface area contributed by atoms with Gasteiger partial charge in [-0.2, -0.15) is 0 Å². The molecule has 2 aromatic rings. The van der Waals surface area contributed by atoms with Crippen LogP contribution >= 0.6 is 0 Å². The molecule has 0 aliphatic carbocycles. The van der Waals surface area contributed by atoms with Crippen molar-refractivity contribution in [2.24, 2.45) is 5.92 Å². The van der Waals surface area contributed by atoms with Crippen molar-refractivity contribution >= 4 is 62.3 Å². The van der Waals surface area contributed by atoms with E-state index in [-0.39, 0.29) is 49.8 Å². The summed E-state index contributed by atoms with van der Waals surface area (Å²) in [4.78, 5) is 23.3. The molecule has 1 N–H and O–H groups in total. The number of carbonyl (C=O) groups excluding carboxylic acids is 1. The first-order valence-corrected chi connectivity index (χ1v) is 21.9. The molecule has 0 fully saturated rings. The summed E-state index contributed by atoms with van der Waals surface area (Å²) in [6.45, 7) is 8.21. The molecule has 274 valence electrons. The van der Waals surface area contributed by atoms with Crippen LogP contribution in [0.2, 0.25) is 0 Å². The summed E-state index contributed by atoms with van der Waals surface area (Å²) in [6.07, 6.45) is 21.6. The van der Waals surface area contributed by atoms with Crippen LogP contribution in [-0.2, 0) is 9.53 Å². The van der Waals surface area contributed by atoms with Crippen molar-refractivity contribution in [3.8, 4) is 11.5 Å². The van der Waals surface area contributed by atoms with Gasteiger partial charge in [-0.15, -0.1) is 0 Å². The van der Waals surface area contributed by atoms with Gasteiger partial charge in [0.1, 0.15) is 0 Å². The maximum atomic E-state index is 12.1. The second-order valence-corrected chi connectivity index (χ2v) is 20.2. The predicted molar refractivity (Wildman–Crippen MR) is 207 cm³/mol. The van der Waals surface area contributed by atoms with Crippen LogP contribution < -0.4 is 23.7 Å². The average Bonchev–Trinajstić information content (AvgIpc) is 3.47. The molecular weight excluding hydrogens is 762 g/mol. The standard InChI is InChI=1S/C40H56N2O6Se2/c1-6-7-8-9-10-11-13-16-19-30(28-48-39(43)29(2)3)20-17-14-12-15-18-21-31-26-33-36(25-24-35(46-4)38(33)47-5)49-40(31)41-34-23-22-32(42(44)45)27-37(34)50-40/h22-27,30,41H,2,6-21,28H2,1,3-5H3. The molecule has 2 unspecified atom stereocenters. The average molecular weight is 819 g/mol. The molecule has 1 spiro atoms. The molecular formula is C40H56N2O6Se2. The number of benzene rings is 2. The number of ether oxygens (including phenoxy) is 3. The van der Waals surface area contributed by atoms with Crippen molar-refractivity contribution < 1.29 is 23.9 Å². The monoisotopic (exact) mass is 820 g/mol. The number of hydrogen-bond donors (Lipinski definition) is 1. The zero-order chi connectivity index (χ0) is 35.9. The Morgan fingerprint density at radius 3 is 2.16 bits per heavy atom. The molecule has 2 atom stereocenters. The van der Waals surface area contributed by atoms with Crippen molar-refractivity contribution in [1.29, 1.82) is 0 Å². The number of anilines is 1. The summed E-state index contributed by atoms with van der Waals surface area (Å²) in [5.74, 6) is 1.63. The second kappa shape index (κ2) is 20.3. The van der Waals surface area contributed by atoms with E-state index in [0.717, 1.165) is 65.7 Å². The van der Waals surface area contributed by atoms with Crippen LogP contribution in [0.5, 0.6) is 11.5 Å². The van der Waals surface area contributed by atoms with Crippen LogP contribution in [0.1, 0.15) is 122 Å². The molecule has 0 amide bonds. The normalized spacial score (nSPS) is 16.6. The van der Waals surface area contributed by atoms with E-state index in [0.29, 0.717) is 18.1 Å². The quantitative estimate of drug-likeness (QED) is 0.0300. The number of carbonyl (C=O) groups is 1. The Labute approximate surface area is 312 Å². The van der Waals surface area contributed by atoms with Crippen molar-refractivity contribution in [2.45, 2.75) is 120 Å². The van der Waals surface area contributed by atoms with Gasteiger partial charge in [-0.3, -0.25) is 0 Å². The van der Waals surface area contributed by atoms with E-state index in [9.17, 15) is 14.9 Å². The molecule has 2 aromatic carbocycles. The van der Waals surface area contributed by atoms with E-state index in [2.05, 4.69) is 31.0 Å². The van der Waals surface area contributed by atoms with Gasteiger partial charge in [0.25, 0.3) is 0 Å². The van der Waals surface area contributed by atoms with E-state index in [1.807, 2.05) is 12.1 Å². The Morgan fingerprint density at radius 2 is 1.54 bits per heavy atom. The molecule has 0 radical (unpaired) electrons. The van der Waals surface area contributed by atoms with Gasteiger partial charge in [-0.05, 0) is 6.92 Å². The Morgan fingerprint density at radius 1 is 0.900 bits per heavy atom. The molecule has 0 saturated heterocycles. The van der Waals surface area contributed by atoms with Crippen molar-refractivity contribution in [3.63, 3.8) is 0 Å². The van der Waals surface area contributed by atoms with Gasteiger partial charge in [0, 0.05) is 5.57 Å². The van der Waals surface area contributed by atoms with E-state index >= 15 is 0 Å². The molecule has 2 heterocycles. The van der Waals surface area contributed by atoms with Gasteiger partial charge in [-0.1, -0.05) is 58.4 Å². The Balaban J connectivity index is 1.32. The van der Waals surface area contributed by atoms with Gasteiger partial charge in [0.05, 0.1) is 0 Å². The molecule has 0 bridgehead atoms. The fourth-order valence-corrected chi connectivity index (χ4v) is 14.1. The Bertz CT molecular complexity index is 1490. The second-order valence-electron chi connectivity index (χ2n) is 13.6. The van der Waals surface area contributed by atoms with Crippen molar-refractivity contribution in [2.75, 3.05) is 26.1 Å². The summed E-state index contributed by atoms with van der Waals surface area (Å²) in [7, 11) is 3.36. The van der Waals surface area contributed by atoms with Crippen molar-refractivity contribution in [1.82, 2.24) is 0 Å². The maximum absolute atomic E-state index is 12.1. The van der Waals surface area contributed by atoms with Crippen LogP contribution in [-0.4, -0.2) is 65.0 Å². The SMILES string of the molecule is C=C(C)C(=O)OCC(CCCCCCCCCC)CCCCCCCC1=Cc2c(ccc(OC)c2OC)[Se]C12Nc1ccc([N+](=O)[O-])cc1[Se]2. The molecule has 0 saturated carbocycles. The number of nitro benzene ring substituents is 1. The van der Waals surface area contributed by atoms with Crippen molar-refractivity contribution in [3.05, 3.63) is 63.7 Å².